The highest BCUT2D eigenvalue weighted by Gasteiger charge is 2.31. The number of hydrogen-bond acceptors (Lipinski definition) is 5. The number of piperidine rings is 1. The lowest BCUT2D eigenvalue weighted by Gasteiger charge is -2.37. The molecule has 2 aromatic heterocycles. The van der Waals surface area contributed by atoms with Crippen LogP contribution in [0.5, 0.6) is 5.75 Å². The maximum atomic E-state index is 12.8. The minimum Gasteiger partial charge on any atom is -0.507 e. The Morgan fingerprint density at radius 3 is 2.74 bits per heavy atom. The van der Waals surface area contributed by atoms with Crippen LogP contribution < -0.4 is 5.32 Å². The summed E-state index contributed by atoms with van der Waals surface area (Å²) in [6.45, 7) is 6.66. The number of benzene rings is 1. The number of nitrogens with zero attached hydrogens (tertiary/aromatic N) is 2. The predicted molar refractivity (Wildman–Crippen MR) is 124 cm³/mol. The molecule has 0 bridgehead atoms. The molecule has 31 heavy (non-hydrogen) atoms. The lowest BCUT2D eigenvalue weighted by Crippen LogP contribution is -2.43. The number of hydrogen-bond donors (Lipinski definition) is 2. The minimum absolute atomic E-state index is 0.0347. The van der Waals surface area contributed by atoms with Crippen LogP contribution >= 0.6 is 11.3 Å². The lowest BCUT2D eigenvalue weighted by atomic mass is 9.88. The number of rotatable bonds is 6. The maximum Gasteiger partial charge on any atom is 0.261 e. The summed E-state index contributed by atoms with van der Waals surface area (Å²) in [5, 5.41) is 15.3. The monoisotopic (exact) mass is 435 g/mol. The molecule has 1 saturated heterocycles. The quantitative estimate of drug-likeness (QED) is 0.581. The van der Waals surface area contributed by atoms with Crippen LogP contribution in [0.3, 0.4) is 0 Å². The van der Waals surface area contributed by atoms with E-state index in [0.29, 0.717) is 5.75 Å². The fourth-order valence-corrected chi connectivity index (χ4v) is 5.14. The van der Waals surface area contributed by atoms with E-state index in [4.69, 9.17) is 0 Å². The summed E-state index contributed by atoms with van der Waals surface area (Å²) in [5.74, 6) is 0.631. The smallest absolute Gasteiger partial charge is 0.261 e. The van der Waals surface area contributed by atoms with Gasteiger partial charge in [-0.1, -0.05) is 24.3 Å². The number of phenols is 1. The first-order valence-electron chi connectivity index (χ1n) is 10.8. The largest absolute Gasteiger partial charge is 0.507 e. The Morgan fingerprint density at radius 1 is 1.26 bits per heavy atom. The second kappa shape index (κ2) is 9.62. The summed E-state index contributed by atoms with van der Waals surface area (Å²) < 4.78 is 0. The third kappa shape index (κ3) is 5.14. The minimum atomic E-state index is -0.123. The van der Waals surface area contributed by atoms with Crippen molar-refractivity contribution in [2.75, 3.05) is 13.1 Å². The number of amides is 1. The zero-order valence-electron chi connectivity index (χ0n) is 18.0. The summed E-state index contributed by atoms with van der Waals surface area (Å²) in [4.78, 5) is 20.6. The van der Waals surface area contributed by atoms with Crippen LogP contribution in [0, 0.1) is 19.8 Å². The SMILES string of the molecule is Cc1cc(CN2CCC[C@H]([C@H](NC(=O)c3cccs3)c3ccccn3)C2)cc(C)c1O. The van der Waals surface area contributed by atoms with Crippen LogP contribution in [0.25, 0.3) is 0 Å². The lowest BCUT2D eigenvalue weighted by molar-refractivity contribution is 0.0879. The molecule has 1 aliphatic heterocycles. The maximum absolute atomic E-state index is 12.8. The van der Waals surface area contributed by atoms with Crippen molar-refractivity contribution in [2.45, 2.75) is 39.3 Å². The fourth-order valence-electron chi connectivity index (χ4n) is 4.52. The molecule has 5 nitrogen and oxygen atoms in total. The molecule has 2 atom stereocenters. The first-order chi connectivity index (χ1) is 15.0. The van der Waals surface area contributed by atoms with Crippen molar-refractivity contribution < 1.29 is 9.90 Å². The van der Waals surface area contributed by atoms with Crippen molar-refractivity contribution in [2.24, 2.45) is 5.92 Å². The van der Waals surface area contributed by atoms with Gasteiger partial charge < -0.3 is 10.4 Å². The number of likely N-dealkylation sites (tertiary alicyclic amines) is 1. The number of carbonyl (C=O) groups excluding carboxylic acids is 1. The van der Waals surface area contributed by atoms with Gasteiger partial charge in [-0.2, -0.15) is 0 Å². The zero-order valence-corrected chi connectivity index (χ0v) is 18.9. The number of thiophene rings is 1. The topological polar surface area (TPSA) is 65.5 Å². The molecule has 3 aromatic rings. The van der Waals surface area contributed by atoms with Gasteiger partial charge >= 0.3 is 0 Å². The van der Waals surface area contributed by atoms with Crippen molar-refractivity contribution in [3.8, 4) is 5.75 Å². The molecule has 3 heterocycles. The second-order valence-electron chi connectivity index (χ2n) is 8.40. The number of aromatic hydroxyl groups is 1. The Balaban J connectivity index is 1.52. The third-order valence-corrected chi connectivity index (χ3v) is 6.88. The molecule has 2 N–H and O–H groups in total. The summed E-state index contributed by atoms with van der Waals surface area (Å²) in [5.41, 5.74) is 3.96. The fraction of sp³-hybridized carbons (Fsp3) is 0.360. The highest BCUT2D eigenvalue weighted by molar-refractivity contribution is 7.12. The highest BCUT2D eigenvalue weighted by Crippen LogP contribution is 2.31. The van der Waals surface area contributed by atoms with Gasteiger partial charge in [0.2, 0.25) is 0 Å². The van der Waals surface area contributed by atoms with E-state index >= 15 is 0 Å². The molecule has 0 radical (unpaired) electrons. The van der Waals surface area contributed by atoms with Crippen molar-refractivity contribution in [3.63, 3.8) is 0 Å². The van der Waals surface area contributed by atoms with Gasteiger partial charge in [0, 0.05) is 19.3 Å². The molecule has 1 aliphatic rings. The summed E-state index contributed by atoms with van der Waals surface area (Å²) in [6, 6.07) is 13.7. The first kappa shape index (κ1) is 21.5. The molecule has 1 aromatic carbocycles. The van der Waals surface area contributed by atoms with Gasteiger partial charge in [0.1, 0.15) is 5.75 Å². The molecule has 0 saturated carbocycles. The van der Waals surface area contributed by atoms with E-state index in [2.05, 4.69) is 27.3 Å². The summed E-state index contributed by atoms with van der Waals surface area (Å²) in [7, 11) is 0. The van der Waals surface area contributed by atoms with E-state index in [-0.39, 0.29) is 17.9 Å². The van der Waals surface area contributed by atoms with Crippen LogP contribution in [0.4, 0.5) is 0 Å². The standard InChI is InChI=1S/C25H29N3O2S/c1-17-13-19(14-18(2)24(17)29)15-28-11-5-7-20(16-28)23(21-8-3-4-10-26-21)27-25(30)22-9-6-12-31-22/h3-4,6,8-10,12-14,20,23,29H,5,7,11,15-16H2,1-2H3,(H,27,30)/t20-,23-/m0/s1. The molecule has 1 fully saturated rings. The molecule has 162 valence electrons. The number of aromatic nitrogens is 1. The van der Waals surface area contributed by atoms with Crippen molar-refractivity contribution in [1.29, 1.82) is 0 Å². The number of phenolic OH excluding ortho intramolecular Hbond substituents is 1. The Kier molecular flexibility index (Phi) is 6.68. The molecule has 1 amide bonds. The molecular formula is C25H29N3O2S. The van der Waals surface area contributed by atoms with E-state index in [1.54, 1.807) is 6.20 Å². The molecule has 0 spiro atoms. The third-order valence-electron chi connectivity index (χ3n) is 6.01. The van der Waals surface area contributed by atoms with E-state index in [9.17, 15) is 9.90 Å². The van der Waals surface area contributed by atoms with Gasteiger partial charge in [-0.15, -0.1) is 11.3 Å². The number of carbonyl (C=O) groups is 1. The summed E-state index contributed by atoms with van der Waals surface area (Å²) >= 11 is 1.46. The van der Waals surface area contributed by atoms with Crippen LogP contribution in [-0.2, 0) is 6.54 Å². The van der Waals surface area contributed by atoms with Crippen LogP contribution in [0.1, 0.15) is 50.9 Å². The van der Waals surface area contributed by atoms with Crippen LogP contribution in [0.15, 0.2) is 54.0 Å². The predicted octanol–water partition coefficient (Wildman–Crippen LogP) is 4.85. The van der Waals surface area contributed by atoms with E-state index in [1.807, 2.05) is 49.6 Å². The average Bonchev–Trinajstić information content (AvgIpc) is 3.31. The van der Waals surface area contributed by atoms with E-state index in [0.717, 1.165) is 54.2 Å². The second-order valence-corrected chi connectivity index (χ2v) is 9.35. The molecular weight excluding hydrogens is 406 g/mol. The Labute approximate surface area is 187 Å². The number of nitrogens with one attached hydrogen (secondary N) is 1. The van der Waals surface area contributed by atoms with E-state index in [1.165, 1.54) is 16.9 Å². The van der Waals surface area contributed by atoms with Crippen LogP contribution in [-0.4, -0.2) is 34.0 Å². The first-order valence-corrected chi connectivity index (χ1v) is 11.7. The van der Waals surface area contributed by atoms with Gasteiger partial charge in [0.25, 0.3) is 5.91 Å². The average molecular weight is 436 g/mol. The number of aryl methyl sites for hydroxylation is 2. The van der Waals surface area contributed by atoms with Gasteiger partial charge in [0.05, 0.1) is 16.6 Å². The molecule has 4 rings (SSSR count). The van der Waals surface area contributed by atoms with Crippen LogP contribution in [0.2, 0.25) is 0 Å². The van der Waals surface area contributed by atoms with Crippen molar-refractivity contribution in [1.82, 2.24) is 15.2 Å². The Morgan fingerprint density at radius 2 is 2.06 bits per heavy atom. The Bertz CT molecular complexity index is 998. The van der Waals surface area contributed by atoms with Gasteiger partial charge in [0.15, 0.2) is 0 Å². The van der Waals surface area contributed by atoms with E-state index < -0.39 is 0 Å². The molecule has 6 heteroatoms. The van der Waals surface area contributed by atoms with Gasteiger partial charge in [-0.05, 0) is 79.4 Å². The number of pyridine rings is 1. The Hall–Kier alpha value is -2.70. The molecule has 0 unspecified atom stereocenters. The van der Waals surface area contributed by atoms with Crippen molar-refractivity contribution in [3.05, 3.63) is 81.3 Å². The van der Waals surface area contributed by atoms with Crippen molar-refractivity contribution >= 4 is 17.2 Å². The van der Waals surface area contributed by atoms with Gasteiger partial charge in [-0.3, -0.25) is 14.7 Å². The highest BCUT2D eigenvalue weighted by atomic mass is 32.1. The summed E-state index contributed by atoms with van der Waals surface area (Å²) in [6.07, 6.45) is 3.93. The van der Waals surface area contributed by atoms with Gasteiger partial charge in [-0.25, -0.2) is 0 Å². The normalized spacial score (nSPS) is 17.9. The molecule has 0 aliphatic carbocycles. The zero-order chi connectivity index (χ0) is 21.8.